The van der Waals surface area contributed by atoms with Crippen LogP contribution in [0.3, 0.4) is 0 Å². The SMILES string of the molecule is CCOC(=O)/C(C#N)=C/c1c(Oc2ccc(OC)cc2)nc2ccccn2c1=O. The molecule has 1 aromatic carbocycles. The first kappa shape index (κ1) is 19.6. The van der Waals surface area contributed by atoms with Crippen molar-refractivity contribution in [2.24, 2.45) is 0 Å². The molecular weight excluding hydrogens is 374 g/mol. The van der Waals surface area contributed by atoms with Crippen molar-refractivity contribution in [3.05, 3.63) is 70.2 Å². The Balaban J connectivity index is 2.16. The minimum Gasteiger partial charge on any atom is -0.497 e. The number of aromatic nitrogens is 2. The average molecular weight is 391 g/mol. The van der Waals surface area contributed by atoms with E-state index in [2.05, 4.69) is 4.98 Å². The number of hydrogen-bond donors (Lipinski definition) is 0. The van der Waals surface area contributed by atoms with Gasteiger partial charge in [-0.1, -0.05) is 6.07 Å². The van der Waals surface area contributed by atoms with Crippen LogP contribution in [-0.2, 0) is 9.53 Å². The lowest BCUT2D eigenvalue weighted by atomic mass is 10.2. The zero-order chi connectivity index (χ0) is 20.8. The molecule has 8 nitrogen and oxygen atoms in total. The summed E-state index contributed by atoms with van der Waals surface area (Å²) in [6, 6.07) is 13.5. The fourth-order valence-corrected chi connectivity index (χ4v) is 2.53. The molecule has 0 unspecified atom stereocenters. The molecule has 3 aromatic rings. The highest BCUT2D eigenvalue weighted by molar-refractivity contribution is 5.98. The zero-order valence-electron chi connectivity index (χ0n) is 15.8. The van der Waals surface area contributed by atoms with Gasteiger partial charge in [0.2, 0.25) is 5.88 Å². The molecule has 0 atom stereocenters. The van der Waals surface area contributed by atoms with E-state index in [4.69, 9.17) is 14.2 Å². The molecule has 0 saturated carbocycles. The molecule has 3 rings (SSSR count). The highest BCUT2D eigenvalue weighted by Crippen LogP contribution is 2.25. The third-order valence-electron chi connectivity index (χ3n) is 3.91. The predicted octanol–water partition coefficient (Wildman–Crippen LogP) is 2.97. The quantitative estimate of drug-likeness (QED) is 0.361. The Labute approximate surface area is 166 Å². The van der Waals surface area contributed by atoms with Crippen LogP contribution >= 0.6 is 0 Å². The Morgan fingerprint density at radius 1 is 1.21 bits per heavy atom. The molecule has 8 heteroatoms. The van der Waals surface area contributed by atoms with Gasteiger partial charge in [-0.05, 0) is 49.4 Å². The predicted molar refractivity (Wildman–Crippen MR) is 105 cm³/mol. The number of pyridine rings is 1. The average Bonchev–Trinajstić information content (AvgIpc) is 2.74. The summed E-state index contributed by atoms with van der Waals surface area (Å²) >= 11 is 0. The molecule has 0 N–H and O–H groups in total. The minimum absolute atomic E-state index is 0.0385. The van der Waals surface area contributed by atoms with Crippen LogP contribution in [0.1, 0.15) is 12.5 Å². The summed E-state index contributed by atoms with van der Waals surface area (Å²) < 4.78 is 17.1. The Kier molecular flexibility index (Phi) is 5.90. The van der Waals surface area contributed by atoms with Crippen molar-refractivity contribution in [1.29, 1.82) is 5.26 Å². The monoisotopic (exact) mass is 391 g/mol. The fourth-order valence-electron chi connectivity index (χ4n) is 2.53. The molecule has 0 spiro atoms. The second-order valence-electron chi connectivity index (χ2n) is 5.73. The molecular formula is C21H17N3O5. The summed E-state index contributed by atoms with van der Waals surface area (Å²) in [6.45, 7) is 1.72. The summed E-state index contributed by atoms with van der Waals surface area (Å²) in [6.07, 6.45) is 2.67. The maximum absolute atomic E-state index is 13.0. The van der Waals surface area contributed by atoms with Crippen LogP contribution in [0.5, 0.6) is 17.4 Å². The van der Waals surface area contributed by atoms with Crippen molar-refractivity contribution < 1.29 is 19.0 Å². The van der Waals surface area contributed by atoms with Gasteiger partial charge in [0, 0.05) is 6.20 Å². The number of esters is 1. The van der Waals surface area contributed by atoms with Gasteiger partial charge in [-0.2, -0.15) is 10.2 Å². The lowest BCUT2D eigenvalue weighted by Crippen LogP contribution is -2.19. The lowest BCUT2D eigenvalue weighted by Gasteiger charge is -2.10. The van der Waals surface area contributed by atoms with Crippen LogP contribution in [0.15, 0.2) is 59.0 Å². The smallest absolute Gasteiger partial charge is 0.348 e. The van der Waals surface area contributed by atoms with Gasteiger partial charge < -0.3 is 14.2 Å². The van der Waals surface area contributed by atoms with Gasteiger partial charge in [-0.3, -0.25) is 9.20 Å². The first-order chi connectivity index (χ1) is 14.1. The number of rotatable bonds is 6. The Hall–Kier alpha value is -4.12. The molecule has 0 aliphatic rings. The zero-order valence-corrected chi connectivity index (χ0v) is 15.8. The second kappa shape index (κ2) is 8.71. The number of fused-ring (bicyclic) bond motifs is 1. The second-order valence-corrected chi connectivity index (χ2v) is 5.73. The molecule has 146 valence electrons. The lowest BCUT2D eigenvalue weighted by molar-refractivity contribution is -0.137. The standard InChI is InChI=1S/C21H17N3O5/c1-3-28-21(26)14(13-22)12-17-19(29-16-9-7-15(27-2)8-10-16)23-18-6-4-5-11-24(18)20(17)25/h4-12H,3H2,1-2H3/b14-12+. The summed E-state index contributed by atoms with van der Waals surface area (Å²) in [5.74, 6) is 0.173. The van der Waals surface area contributed by atoms with E-state index in [1.807, 2.05) is 0 Å². The van der Waals surface area contributed by atoms with Crippen molar-refractivity contribution >= 4 is 17.7 Å². The Bertz CT molecular complexity index is 1170. The highest BCUT2D eigenvalue weighted by Gasteiger charge is 2.17. The van der Waals surface area contributed by atoms with Crippen LogP contribution in [0.4, 0.5) is 0 Å². The van der Waals surface area contributed by atoms with Gasteiger partial charge >= 0.3 is 5.97 Å². The van der Waals surface area contributed by atoms with Crippen LogP contribution in [0.2, 0.25) is 0 Å². The van der Waals surface area contributed by atoms with E-state index in [1.54, 1.807) is 62.6 Å². The van der Waals surface area contributed by atoms with Crippen LogP contribution in [0, 0.1) is 11.3 Å². The number of nitrogens with zero attached hydrogens (tertiary/aromatic N) is 3. The van der Waals surface area contributed by atoms with Crippen LogP contribution < -0.4 is 15.0 Å². The number of benzene rings is 1. The van der Waals surface area contributed by atoms with Gasteiger partial charge in [0.05, 0.1) is 13.7 Å². The third kappa shape index (κ3) is 4.25. The molecule has 0 fully saturated rings. The number of carbonyl (C=O) groups excluding carboxylic acids is 1. The number of ether oxygens (including phenoxy) is 3. The van der Waals surface area contributed by atoms with Crippen molar-refractivity contribution in [1.82, 2.24) is 9.38 Å². The van der Waals surface area contributed by atoms with E-state index < -0.39 is 11.5 Å². The van der Waals surface area contributed by atoms with Crippen LogP contribution in [0.25, 0.3) is 11.7 Å². The van der Waals surface area contributed by atoms with E-state index in [1.165, 1.54) is 10.6 Å². The van der Waals surface area contributed by atoms with E-state index in [-0.39, 0.29) is 23.6 Å². The first-order valence-corrected chi connectivity index (χ1v) is 8.69. The molecule has 0 amide bonds. The maximum atomic E-state index is 13.0. The largest absolute Gasteiger partial charge is 0.497 e. The van der Waals surface area contributed by atoms with Crippen LogP contribution in [-0.4, -0.2) is 29.1 Å². The number of hydrogen-bond acceptors (Lipinski definition) is 7. The summed E-state index contributed by atoms with van der Waals surface area (Å²) in [4.78, 5) is 29.4. The van der Waals surface area contributed by atoms with Crippen molar-refractivity contribution in [3.8, 4) is 23.4 Å². The van der Waals surface area contributed by atoms with E-state index in [0.717, 1.165) is 6.08 Å². The summed E-state index contributed by atoms with van der Waals surface area (Å²) in [5, 5.41) is 9.32. The fraction of sp³-hybridized carbons (Fsp3) is 0.143. The summed E-state index contributed by atoms with van der Waals surface area (Å²) in [5.41, 5.74) is -0.515. The number of nitriles is 1. The Morgan fingerprint density at radius 2 is 1.93 bits per heavy atom. The van der Waals surface area contributed by atoms with Crippen molar-refractivity contribution in [2.75, 3.05) is 13.7 Å². The Morgan fingerprint density at radius 3 is 2.59 bits per heavy atom. The third-order valence-corrected chi connectivity index (χ3v) is 3.91. The molecule has 29 heavy (non-hydrogen) atoms. The minimum atomic E-state index is -0.831. The highest BCUT2D eigenvalue weighted by atomic mass is 16.5. The van der Waals surface area contributed by atoms with E-state index in [0.29, 0.717) is 17.1 Å². The van der Waals surface area contributed by atoms with E-state index in [9.17, 15) is 14.9 Å². The van der Waals surface area contributed by atoms with Gasteiger partial charge in [0.25, 0.3) is 5.56 Å². The van der Waals surface area contributed by atoms with Gasteiger partial charge in [0.1, 0.15) is 34.4 Å². The first-order valence-electron chi connectivity index (χ1n) is 8.69. The number of carbonyl (C=O) groups is 1. The van der Waals surface area contributed by atoms with E-state index >= 15 is 0 Å². The topological polar surface area (TPSA) is 103 Å². The van der Waals surface area contributed by atoms with Crippen molar-refractivity contribution in [3.63, 3.8) is 0 Å². The molecule has 0 saturated heterocycles. The number of methoxy groups -OCH3 is 1. The van der Waals surface area contributed by atoms with Gasteiger partial charge in [-0.15, -0.1) is 0 Å². The molecule has 0 aliphatic carbocycles. The maximum Gasteiger partial charge on any atom is 0.348 e. The molecule has 2 heterocycles. The molecule has 0 radical (unpaired) electrons. The normalized spacial score (nSPS) is 11.0. The molecule has 0 aliphatic heterocycles. The van der Waals surface area contributed by atoms with Crippen molar-refractivity contribution in [2.45, 2.75) is 6.92 Å². The molecule has 0 bridgehead atoms. The molecule has 2 aromatic heterocycles. The van der Waals surface area contributed by atoms with Gasteiger partial charge in [0.15, 0.2) is 0 Å². The summed E-state index contributed by atoms with van der Waals surface area (Å²) in [7, 11) is 1.55. The van der Waals surface area contributed by atoms with Gasteiger partial charge in [-0.25, -0.2) is 4.79 Å².